The molecule has 17 heavy (non-hydrogen) atoms. The van der Waals surface area contributed by atoms with E-state index < -0.39 is 15.6 Å². The molecule has 0 radical (unpaired) electrons. The highest BCUT2D eigenvalue weighted by atomic mass is 32.2. The quantitative estimate of drug-likeness (QED) is 0.288. The average Bonchev–Trinajstić information content (AvgIpc) is 2.92. The molecule has 0 aromatic heterocycles. The normalized spacial score (nSPS) is 25.1. The Morgan fingerprint density at radius 3 is 2.47 bits per heavy atom. The molecule has 0 heterocycles. The molecule has 0 spiro atoms. The fraction of sp³-hybridized carbons (Fsp3) is 0.900. The number of amidine groups is 1. The van der Waals surface area contributed by atoms with Gasteiger partial charge in [-0.15, -0.1) is 0 Å². The van der Waals surface area contributed by atoms with Crippen molar-refractivity contribution < 1.29 is 13.6 Å². The smallest absolute Gasteiger partial charge is 0.212 e. The monoisotopic (exact) mass is 261 g/mol. The number of sulfonamides is 1. The predicted octanol–water partition coefficient (Wildman–Crippen LogP) is 0.375. The molecule has 0 unspecified atom stereocenters. The van der Waals surface area contributed by atoms with Crippen molar-refractivity contribution in [3.05, 3.63) is 0 Å². The summed E-state index contributed by atoms with van der Waals surface area (Å²) in [6, 6.07) is 0. The summed E-state index contributed by atoms with van der Waals surface area (Å²) >= 11 is 0. The molecule has 0 aliphatic heterocycles. The molecule has 6 nitrogen and oxygen atoms in total. The Labute approximate surface area is 101 Å². The highest BCUT2D eigenvalue weighted by molar-refractivity contribution is 7.89. The second-order valence-corrected chi connectivity index (χ2v) is 6.87. The number of hydrogen-bond acceptors (Lipinski definition) is 4. The van der Waals surface area contributed by atoms with Gasteiger partial charge in [-0.25, -0.2) is 13.1 Å². The Morgan fingerprint density at radius 1 is 1.41 bits per heavy atom. The fourth-order valence-electron chi connectivity index (χ4n) is 2.42. The standard InChI is InChI=1S/C10H19N3O3S/c11-9(12-14)10(5-1-2-6-10)13-17(15,16)7-8-3-4-8/h8,13-14H,1-7H2,(H2,11,12). The zero-order valence-corrected chi connectivity index (χ0v) is 10.5. The van der Waals surface area contributed by atoms with Crippen LogP contribution in [0.2, 0.25) is 0 Å². The van der Waals surface area contributed by atoms with Crippen molar-refractivity contribution in [3.63, 3.8) is 0 Å². The third-order valence-corrected chi connectivity index (χ3v) is 5.17. The van der Waals surface area contributed by atoms with Crippen LogP contribution in [0.5, 0.6) is 0 Å². The zero-order chi connectivity index (χ0) is 12.5. The highest BCUT2D eigenvalue weighted by Gasteiger charge is 2.42. The second-order valence-electron chi connectivity index (χ2n) is 5.10. The van der Waals surface area contributed by atoms with Crippen LogP contribution in [0.1, 0.15) is 38.5 Å². The van der Waals surface area contributed by atoms with Crippen molar-refractivity contribution in [3.8, 4) is 0 Å². The van der Waals surface area contributed by atoms with Crippen LogP contribution in [0.25, 0.3) is 0 Å². The summed E-state index contributed by atoms with van der Waals surface area (Å²) < 4.78 is 26.6. The molecule has 2 rings (SSSR count). The van der Waals surface area contributed by atoms with Crippen LogP contribution in [0.15, 0.2) is 5.16 Å². The van der Waals surface area contributed by atoms with Gasteiger partial charge < -0.3 is 10.9 Å². The Kier molecular flexibility index (Phi) is 3.31. The number of nitrogens with two attached hydrogens (primary N) is 1. The van der Waals surface area contributed by atoms with Gasteiger partial charge in [-0.2, -0.15) is 0 Å². The number of nitrogens with one attached hydrogen (secondary N) is 1. The first-order chi connectivity index (χ1) is 7.97. The van der Waals surface area contributed by atoms with Crippen molar-refractivity contribution in [2.24, 2.45) is 16.8 Å². The summed E-state index contributed by atoms with van der Waals surface area (Å²) in [5.41, 5.74) is 4.78. The van der Waals surface area contributed by atoms with E-state index in [1.165, 1.54) is 0 Å². The van der Waals surface area contributed by atoms with E-state index in [1.807, 2.05) is 0 Å². The first kappa shape index (κ1) is 12.6. The van der Waals surface area contributed by atoms with E-state index >= 15 is 0 Å². The molecule has 2 aliphatic rings. The van der Waals surface area contributed by atoms with Crippen LogP contribution in [0, 0.1) is 5.92 Å². The Hall–Kier alpha value is -0.820. The molecule has 0 bridgehead atoms. The lowest BCUT2D eigenvalue weighted by Gasteiger charge is -2.28. The molecule has 98 valence electrons. The second kappa shape index (κ2) is 4.45. The molecule has 2 fully saturated rings. The molecular formula is C10H19N3O3S. The van der Waals surface area contributed by atoms with Crippen LogP contribution in [0.3, 0.4) is 0 Å². The van der Waals surface area contributed by atoms with Gasteiger partial charge in [-0.3, -0.25) is 0 Å². The van der Waals surface area contributed by atoms with Crippen LogP contribution in [0.4, 0.5) is 0 Å². The first-order valence-electron chi connectivity index (χ1n) is 5.97. The van der Waals surface area contributed by atoms with Crippen LogP contribution in [-0.2, 0) is 10.0 Å². The van der Waals surface area contributed by atoms with E-state index in [2.05, 4.69) is 9.88 Å². The lowest BCUT2D eigenvalue weighted by Crippen LogP contribution is -2.56. The Balaban J connectivity index is 2.12. The predicted molar refractivity (Wildman–Crippen MR) is 64.3 cm³/mol. The van der Waals surface area contributed by atoms with Crippen molar-refractivity contribution in [1.82, 2.24) is 4.72 Å². The maximum Gasteiger partial charge on any atom is 0.212 e. The molecule has 4 N–H and O–H groups in total. The van der Waals surface area contributed by atoms with E-state index in [0.717, 1.165) is 25.7 Å². The number of hydrogen-bond donors (Lipinski definition) is 3. The van der Waals surface area contributed by atoms with E-state index in [0.29, 0.717) is 18.8 Å². The van der Waals surface area contributed by atoms with E-state index in [9.17, 15) is 8.42 Å². The minimum absolute atomic E-state index is 0.0191. The van der Waals surface area contributed by atoms with Crippen LogP contribution < -0.4 is 10.5 Å². The minimum atomic E-state index is -3.34. The molecule has 7 heteroatoms. The summed E-state index contributed by atoms with van der Waals surface area (Å²) in [6.07, 6.45) is 4.96. The Morgan fingerprint density at radius 2 is 2.00 bits per heavy atom. The van der Waals surface area contributed by atoms with E-state index in [1.54, 1.807) is 0 Å². The minimum Gasteiger partial charge on any atom is -0.409 e. The third-order valence-electron chi connectivity index (χ3n) is 3.56. The number of rotatable bonds is 5. The number of nitrogens with zero attached hydrogens (tertiary/aromatic N) is 1. The molecular weight excluding hydrogens is 242 g/mol. The van der Waals surface area contributed by atoms with Crippen molar-refractivity contribution in [1.29, 1.82) is 0 Å². The van der Waals surface area contributed by atoms with Gasteiger partial charge in [-0.05, 0) is 31.6 Å². The van der Waals surface area contributed by atoms with Crippen LogP contribution in [-0.4, -0.2) is 30.8 Å². The summed E-state index contributed by atoms with van der Waals surface area (Å²) in [5.74, 6) is 0.431. The van der Waals surface area contributed by atoms with Crippen LogP contribution >= 0.6 is 0 Å². The molecule has 0 aromatic rings. The fourth-order valence-corrected chi connectivity index (χ4v) is 4.36. The molecule has 0 amide bonds. The lowest BCUT2D eigenvalue weighted by molar-refractivity contribution is 0.309. The van der Waals surface area contributed by atoms with Gasteiger partial charge in [0, 0.05) is 0 Å². The maximum absolute atomic E-state index is 12.0. The highest BCUT2D eigenvalue weighted by Crippen LogP contribution is 2.33. The summed E-state index contributed by atoms with van der Waals surface area (Å²) in [6.45, 7) is 0. The van der Waals surface area contributed by atoms with Gasteiger partial charge >= 0.3 is 0 Å². The van der Waals surface area contributed by atoms with Gasteiger partial charge in [0.15, 0.2) is 5.84 Å². The van der Waals surface area contributed by atoms with Gasteiger partial charge in [0.1, 0.15) is 0 Å². The first-order valence-corrected chi connectivity index (χ1v) is 7.62. The molecule has 2 saturated carbocycles. The van der Waals surface area contributed by atoms with Crippen molar-refractivity contribution in [2.45, 2.75) is 44.1 Å². The summed E-state index contributed by atoms with van der Waals surface area (Å²) in [4.78, 5) is 0. The SMILES string of the molecule is NC(=NO)C1(NS(=O)(=O)CC2CC2)CCCC1. The van der Waals surface area contributed by atoms with E-state index in [4.69, 9.17) is 10.9 Å². The molecule has 0 atom stereocenters. The molecule has 0 aromatic carbocycles. The van der Waals surface area contributed by atoms with Gasteiger partial charge in [0.05, 0.1) is 11.3 Å². The topological polar surface area (TPSA) is 105 Å². The van der Waals surface area contributed by atoms with Gasteiger partial charge in [-0.1, -0.05) is 18.0 Å². The average molecular weight is 261 g/mol. The summed E-state index contributed by atoms with van der Waals surface area (Å²) in [7, 11) is -3.34. The molecule has 2 aliphatic carbocycles. The van der Waals surface area contributed by atoms with Gasteiger partial charge in [0.25, 0.3) is 0 Å². The zero-order valence-electron chi connectivity index (χ0n) is 9.72. The van der Waals surface area contributed by atoms with Crippen molar-refractivity contribution in [2.75, 3.05) is 5.75 Å². The largest absolute Gasteiger partial charge is 0.409 e. The summed E-state index contributed by atoms with van der Waals surface area (Å²) in [5, 5.41) is 11.8. The third kappa shape index (κ3) is 2.90. The maximum atomic E-state index is 12.0. The van der Waals surface area contributed by atoms with Crippen molar-refractivity contribution >= 4 is 15.9 Å². The van der Waals surface area contributed by atoms with Gasteiger partial charge in [0.2, 0.25) is 10.0 Å². The lowest BCUT2D eigenvalue weighted by atomic mass is 9.98. The Bertz CT molecular complexity index is 409. The van der Waals surface area contributed by atoms with E-state index in [-0.39, 0.29) is 11.6 Å². The molecule has 0 saturated heterocycles. The number of oxime groups is 1.